The Bertz CT molecular complexity index is 317. The predicted molar refractivity (Wildman–Crippen MR) is 68.6 cm³/mol. The molecule has 2 atom stereocenters. The Morgan fingerprint density at radius 1 is 1.44 bits per heavy atom. The molecular weight excluding hydrogens is 198 g/mol. The third-order valence-electron chi connectivity index (χ3n) is 3.44. The van der Waals surface area contributed by atoms with Gasteiger partial charge in [-0.1, -0.05) is 13.3 Å². The molecule has 0 saturated carbocycles. The quantitative estimate of drug-likeness (QED) is 0.802. The first-order valence-corrected chi connectivity index (χ1v) is 6.32. The summed E-state index contributed by atoms with van der Waals surface area (Å²) in [4.78, 5) is 0. The van der Waals surface area contributed by atoms with Crippen molar-refractivity contribution in [3.8, 4) is 0 Å². The number of nitrogens with zero attached hydrogens (tertiary/aromatic N) is 2. The predicted octanol–water partition coefficient (Wildman–Crippen LogP) is 2.39. The molecule has 3 heteroatoms. The van der Waals surface area contributed by atoms with Crippen molar-refractivity contribution in [1.82, 2.24) is 15.1 Å². The zero-order valence-electron chi connectivity index (χ0n) is 11.2. The molecule has 92 valence electrons. The summed E-state index contributed by atoms with van der Waals surface area (Å²) in [6, 6.07) is 2.78. The molecule has 0 aromatic carbocycles. The molecule has 0 spiro atoms. The van der Waals surface area contributed by atoms with E-state index in [0.29, 0.717) is 12.0 Å². The van der Waals surface area contributed by atoms with Crippen LogP contribution in [0.15, 0.2) is 6.07 Å². The van der Waals surface area contributed by atoms with Crippen LogP contribution in [0.3, 0.4) is 0 Å². The highest BCUT2D eigenvalue weighted by Crippen LogP contribution is 2.17. The van der Waals surface area contributed by atoms with Crippen LogP contribution < -0.4 is 5.32 Å². The Morgan fingerprint density at radius 3 is 2.62 bits per heavy atom. The monoisotopic (exact) mass is 223 g/mol. The van der Waals surface area contributed by atoms with Crippen molar-refractivity contribution in [2.75, 3.05) is 7.05 Å². The van der Waals surface area contributed by atoms with Gasteiger partial charge in [-0.05, 0) is 46.2 Å². The van der Waals surface area contributed by atoms with Crippen LogP contribution in [0.5, 0.6) is 0 Å². The van der Waals surface area contributed by atoms with E-state index in [4.69, 9.17) is 0 Å². The van der Waals surface area contributed by atoms with Crippen LogP contribution in [-0.2, 0) is 13.0 Å². The van der Waals surface area contributed by atoms with Crippen molar-refractivity contribution in [3.05, 3.63) is 17.5 Å². The van der Waals surface area contributed by atoms with Crippen LogP contribution in [0.1, 0.15) is 38.6 Å². The summed E-state index contributed by atoms with van der Waals surface area (Å²) in [5.41, 5.74) is 2.50. The lowest BCUT2D eigenvalue weighted by molar-refractivity contribution is 0.371. The molecule has 0 fully saturated rings. The van der Waals surface area contributed by atoms with E-state index in [1.54, 1.807) is 0 Å². The number of hydrogen-bond donors (Lipinski definition) is 1. The van der Waals surface area contributed by atoms with Gasteiger partial charge in [0.1, 0.15) is 0 Å². The summed E-state index contributed by atoms with van der Waals surface area (Å²) < 4.78 is 2.13. The summed E-state index contributed by atoms with van der Waals surface area (Å²) in [6.45, 7) is 9.70. The molecule has 0 aliphatic rings. The maximum absolute atomic E-state index is 4.50. The molecule has 3 nitrogen and oxygen atoms in total. The van der Waals surface area contributed by atoms with E-state index in [2.05, 4.69) is 48.9 Å². The molecule has 0 aliphatic carbocycles. The van der Waals surface area contributed by atoms with Crippen LogP contribution >= 0.6 is 0 Å². The van der Waals surface area contributed by atoms with Crippen molar-refractivity contribution < 1.29 is 0 Å². The minimum absolute atomic E-state index is 0.561. The van der Waals surface area contributed by atoms with Crippen molar-refractivity contribution in [2.45, 2.75) is 53.1 Å². The average molecular weight is 223 g/mol. The average Bonchev–Trinajstić information content (AvgIpc) is 2.65. The van der Waals surface area contributed by atoms with Gasteiger partial charge >= 0.3 is 0 Å². The van der Waals surface area contributed by atoms with Crippen molar-refractivity contribution >= 4 is 0 Å². The molecule has 1 rings (SSSR count). The standard InChI is InChI=1S/C13H25N3/c1-6-12(11(4)14-5)9-13-8-10(3)15-16(13)7-2/h8,11-12,14H,6-7,9H2,1-5H3. The van der Waals surface area contributed by atoms with Crippen LogP contribution in [0.2, 0.25) is 0 Å². The number of aryl methyl sites for hydroxylation is 2. The molecule has 1 heterocycles. The second-order valence-corrected chi connectivity index (χ2v) is 4.54. The first-order valence-electron chi connectivity index (χ1n) is 6.32. The molecule has 0 saturated heterocycles. The van der Waals surface area contributed by atoms with E-state index in [-0.39, 0.29) is 0 Å². The summed E-state index contributed by atoms with van der Waals surface area (Å²) in [6.07, 6.45) is 2.32. The molecule has 1 N–H and O–H groups in total. The second kappa shape index (κ2) is 6.04. The van der Waals surface area contributed by atoms with Crippen molar-refractivity contribution in [1.29, 1.82) is 0 Å². The zero-order chi connectivity index (χ0) is 12.1. The Morgan fingerprint density at radius 2 is 2.12 bits per heavy atom. The van der Waals surface area contributed by atoms with Crippen LogP contribution in [0, 0.1) is 12.8 Å². The zero-order valence-corrected chi connectivity index (χ0v) is 11.2. The van der Waals surface area contributed by atoms with Gasteiger partial charge in [0.05, 0.1) is 5.69 Å². The Kier molecular flexibility index (Phi) is 5.00. The fourth-order valence-electron chi connectivity index (χ4n) is 2.22. The van der Waals surface area contributed by atoms with Gasteiger partial charge in [-0.3, -0.25) is 4.68 Å². The van der Waals surface area contributed by atoms with Gasteiger partial charge in [0, 0.05) is 18.3 Å². The van der Waals surface area contributed by atoms with Crippen LogP contribution in [0.25, 0.3) is 0 Å². The van der Waals surface area contributed by atoms with E-state index < -0.39 is 0 Å². The lowest BCUT2D eigenvalue weighted by Gasteiger charge is -2.22. The Balaban J connectivity index is 2.76. The molecule has 0 aliphatic heterocycles. The van der Waals surface area contributed by atoms with E-state index in [1.807, 2.05) is 7.05 Å². The van der Waals surface area contributed by atoms with E-state index >= 15 is 0 Å². The van der Waals surface area contributed by atoms with Crippen LogP contribution in [0.4, 0.5) is 0 Å². The summed E-state index contributed by atoms with van der Waals surface area (Å²) >= 11 is 0. The Hall–Kier alpha value is -0.830. The van der Waals surface area contributed by atoms with Crippen molar-refractivity contribution in [2.24, 2.45) is 5.92 Å². The Labute approximate surface area is 99.2 Å². The molecule has 0 bridgehead atoms. The maximum Gasteiger partial charge on any atom is 0.0596 e. The first-order chi connectivity index (χ1) is 7.62. The highest BCUT2D eigenvalue weighted by atomic mass is 15.3. The van der Waals surface area contributed by atoms with Crippen LogP contribution in [-0.4, -0.2) is 22.9 Å². The summed E-state index contributed by atoms with van der Waals surface area (Å²) in [5, 5.41) is 7.85. The molecule has 1 aromatic rings. The normalized spacial score (nSPS) is 15.1. The highest BCUT2D eigenvalue weighted by Gasteiger charge is 2.16. The maximum atomic E-state index is 4.50. The number of hydrogen-bond acceptors (Lipinski definition) is 2. The van der Waals surface area contributed by atoms with Gasteiger partial charge < -0.3 is 5.32 Å². The molecule has 0 amide bonds. The summed E-state index contributed by atoms with van der Waals surface area (Å²) in [5.74, 6) is 0.686. The molecular formula is C13H25N3. The second-order valence-electron chi connectivity index (χ2n) is 4.54. The van der Waals surface area contributed by atoms with Gasteiger partial charge in [0.15, 0.2) is 0 Å². The van der Waals surface area contributed by atoms with Gasteiger partial charge in [-0.25, -0.2) is 0 Å². The lowest BCUT2D eigenvalue weighted by Crippen LogP contribution is -2.31. The largest absolute Gasteiger partial charge is 0.317 e. The fraction of sp³-hybridized carbons (Fsp3) is 0.769. The first kappa shape index (κ1) is 13.2. The van der Waals surface area contributed by atoms with E-state index in [0.717, 1.165) is 18.7 Å². The van der Waals surface area contributed by atoms with Gasteiger partial charge in [-0.2, -0.15) is 5.10 Å². The van der Waals surface area contributed by atoms with Gasteiger partial charge in [0.25, 0.3) is 0 Å². The van der Waals surface area contributed by atoms with Gasteiger partial charge in [-0.15, -0.1) is 0 Å². The molecule has 0 radical (unpaired) electrons. The fourth-order valence-corrected chi connectivity index (χ4v) is 2.22. The smallest absolute Gasteiger partial charge is 0.0596 e. The SMILES string of the molecule is CCC(Cc1cc(C)nn1CC)C(C)NC. The van der Waals surface area contributed by atoms with Crippen molar-refractivity contribution in [3.63, 3.8) is 0 Å². The number of nitrogens with one attached hydrogen (secondary N) is 1. The lowest BCUT2D eigenvalue weighted by atomic mass is 9.93. The number of aromatic nitrogens is 2. The van der Waals surface area contributed by atoms with E-state index in [9.17, 15) is 0 Å². The minimum atomic E-state index is 0.561. The molecule has 1 aromatic heterocycles. The molecule has 16 heavy (non-hydrogen) atoms. The third kappa shape index (κ3) is 3.08. The molecule has 2 unspecified atom stereocenters. The third-order valence-corrected chi connectivity index (χ3v) is 3.44. The van der Waals surface area contributed by atoms with Gasteiger partial charge in [0.2, 0.25) is 0 Å². The highest BCUT2D eigenvalue weighted by molar-refractivity contribution is 5.10. The topological polar surface area (TPSA) is 29.9 Å². The number of rotatable bonds is 6. The summed E-state index contributed by atoms with van der Waals surface area (Å²) in [7, 11) is 2.04. The van der Waals surface area contributed by atoms with E-state index in [1.165, 1.54) is 12.1 Å². The minimum Gasteiger partial charge on any atom is -0.317 e.